The summed E-state index contributed by atoms with van der Waals surface area (Å²) < 4.78 is 5.29. The number of furan rings is 1. The lowest BCUT2D eigenvalue weighted by molar-refractivity contribution is 0.0951. The largest absolute Gasteiger partial charge is 0.508 e. The van der Waals surface area contributed by atoms with E-state index in [2.05, 4.69) is 51.6 Å². The molecule has 5 rings (SSSR count). The van der Waals surface area contributed by atoms with Gasteiger partial charge in [-0.1, -0.05) is 30.3 Å². The van der Waals surface area contributed by atoms with E-state index in [9.17, 15) is 14.7 Å². The number of carbonyl (C=O) groups excluding carboxylic acids is 2. The zero-order valence-electron chi connectivity index (χ0n) is 22.6. The predicted octanol–water partition coefficient (Wildman–Crippen LogP) is 5.24. The molecule has 8 heteroatoms. The van der Waals surface area contributed by atoms with Gasteiger partial charge in [0.05, 0.1) is 17.6 Å². The Morgan fingerprint density at radius 1 is 0.850 bits per heavy atom. The van der Waals surface area contributed by atoms with Crippen molar-refractivity contribution in [2.24, 2.45) is 0 Å². The first-order chi connectivity index (χ1) is 19.5. The highest BCUT2D eigenvalue weighted by atomic mass is 16.3. The summed E-state index contributed by atoms with van der Waals surface area (Å²) in [5.41, 5.74) is 5.51. The summed E-state index contributed by atoms with van der Waals surface area (Å²) in [7, 11) is 0. The highest BCUT2D eigenvalue weighted by Gasteiger charge is 2.23. The topological polar surface area (TPSA) is 98.0 Å². The highest BCUT2D eigenvalue weighted by molar-refractivity contribution is 6.05. The minimum absolute atomic E-state index is 0.199. The van der Waals surface area contributed by atoms with Crippen molar-refractivity contribution in [2.45, 2.75) is 19.8 Å². The number of aryl methyl sites for hydroxylation is 2. The number of piperazine rings is 1. The van der Waals surface area contributed by atoms with Crippen LogP contribution in [0.4, 0.5) is 17.1 Å². The van der Waals surface area contributed by atoms with Crippen LogP contribution in [0.2, 0.25) is 0 Å². The maximum Gasteiger partial charge on any atom is 0.291 e. The Hall–Kier alpha value is -4.72. The van der Waals surface area contributed by atoms with Gasteiger partial charge in [0.15, 0.2) is 5.76 Å². The van der Waals surface area contributed by atoms with Gasteiger partial charge in [-0.25, -0.2) is 0 Å². The second kappa shape index (κ2) is 12.4. The number of nitrogens with one attached hydrogen (secondary N) is 2. The highest BCUT2D eigenvalue weighted by Crippen LogP contribution is 2.30. The summed E-state index contributed by atoms with van der Waals surface area (Å²) in [6.45, 7) is 5.89. The van der Waals surface area contributed by atoms with Gasteiger partial charge in [0.1, 0.15) is 5.75 Å². The second-order valence-corrected chi connectivity index (χ2v) is 9.95. The van der Waals surface area contributed by atoms with Crippen molar-refractivity contribution in [3.63, 3.8) is 0 Å². The Morgan fingerprint density at radius 3 is 2.27 bits per heavy atom. The van der Waals surface area contributed by atoms with Gasteiger partial charge < -0.3 is 30.0 Å². The van der Waals surface area contributed by atoms with Gasteiger partial charge >= 0.3 is 0 Å². The molecule has 4 aromatic rings. The summed E-state index contributed by atoms with van der Waals surface area (Å²) in [5.74, 6) is -0.116. The number of hydrogen-bond donors (Lipinski definition) is 3. The van der Waals surface area contributed by atoms with Crippen molar-refractivity contribution in [2.75, 3.05) is 47.8 Å². The molecule has 1 aliphatic heterocycles. The molecule has 0 radical (unpaired) electrons. The van der Waals surface area contributed by atoms with Crippen molar-refractivity contribution in [1.29, 1.82) is 0 Å². The van der Waals surface area contributed by atoms with Crippen molar-refractivity contribution >= 4 is 28.9 Å². The van der Waals surface area contributed by atoms with Gasteiger partial charge in [0.2, 0.25) is 0 Å². The fraction of sp³-hybridized carbons (Fsp3) is 0.250. The molecule has 0 saturated carbocycles. The van der Waals surface area contributed by atoms with Gasteiger partial charge in [-0.3, -0.25) is 9.59 Å². The van der Waals surface area contributed by atoms with Gasteiger partial charge in [0, 0.05) is 44.0 Å². The minimum atomic E-state index is -0.365. The Kier molecular flexibility index (Phi) is 8.35. The molecule has 1 aliphatic rings. The van der Waals surface area contributed by atoms with Crippen LogP contribution in [0.15, 0.2) is 89.5 Å². The van der Waals surface area contributed by atoms with Crippen LogP contribution in [0.1, 0.15) is 38.5 Å². The van der Waals surface area contributed by atoms with Crippen LogP contribution in [0, 0.1) is 6.92 Å². The van der Waals surface area contributed by atoms with Crippen molar-refractivity contribution < 1.29 is 19.1 Å². The molecule has 0 atom stereocenters. The van der Waals surface area contributed by atoms with E-state index in [1.54, 1.807) is 36.4 Å². The van der Waals surface area contributed by atoms with Crippen LogP contribution in [0.5, 0.6) is 5.75 Å². The van der Waals surface area contributed by atoms with E-state index in [0.29, 0.717) is 17.8 Å². The average Bonchev–Trinajstić information content (AvgIpc) is 3.52. The summed E-state index contributed by atoms with van der Waals surface area (Å²) in [5, 5.41) is 15.4. The molecule has 40 heavy (non-hydrogen) atoms. The Morgan fingerprint density at radius 2 is 1.57 bits per heavy atom. The van der Waals surface area contributed by atoms with E-state index < -0.39 is 0 Å². The van der Waals surface area contributed by atoms with E-state index in [1.165, 1.54) is 17.5 Å². The number of benzene rings is 3. The number of hydrogen-bond acceptors (Lipinski definition) is 6. The van der Waals surface area contributed by atoms with Crippen LogP contribution in [0.25, 0.3) is 0 Å². The number of phenolic OH excluding ortho intramolecular Hbond substituents is 1. The van der Waals surface area contributed by atoms with Crippen LogP contribution >= 0.6 is 0 Å². The van der Waals surface area contributed by atoms with E-state index in [4.69, 9.17) is 4.42 Å². The number of phenols is 1. The molecule has 0 spiro atoms. The lowest BCUT2D eigenvalue weighted by Gasteiger charge is -2.38. The van der Waals surface area contributed by atoms with Gasteiger partial charge in [0.25, 0.3) is 11.8 Å². The molecular formula is C32H34N4O4. The lowest BCUT2D eigenvalue weighted by atomic mass is 10.1. The normalized spacial score (nSPS) is 13.2. The number of nitrogens with zero attached hydrogens (tertiary/aromatic N) is 2. The molecule has 1 saturated heterocycles. The monoisotopic (exact) mass is 538 g/mol. The molecule has 1 aromatic heterocycles. The molecule has 3 N–H and O–H groups in total. The number of amides is 2. The molecule has 0 unspecified atom stereocenters. The third kappa shape index (κ3) is 6.46. The van der Waals surface area contributed by atoms with Crippen LogP contribution in [-0.4, -0.2) is 49.6 Å². The standard InChI is InChI=1S/C32H34N4O4/c1-23-6-2-3-8-28(23)35-17-19-36(20-18-35)29-15-12-25(22-27(29)34-32(39)30-9-5-21-40-30)31(38)33-16-4-7-24-10-13-26(37)14-11-24/h2-3,5-6,8-15,21-22,37H,4,7,16-20H2,1H3,(H,33,38)(H,34,39). The van der Waals surface area contributed by atoms with Crippen molar-refractivity contribution in [3.05, 3.63) is 108 Å². The van der Waals surface area contributed by atoms with E-state index in [1.807, 2.05) is 18.2 Å². The average molecular weight is 539 g/mol. The van der Waals surface area contributed by atoms with Crippen LogP contribution < -0.4 is 20.4 Å². The second-order valence-electron chi connectivity index (χ2n) is 9.95. The molecule has 2 heterocycles. The van der Waals surface area contributed by atoms with Gasteiger partial charge in [-0.05, 0) is 79.4 Å². The summed E-state index contributed by atoms with van der Waals surface area (Å²) >= 11 is 0. The zero-order valence-corrected chi connectivity index (χ0v) is 22.6. The zero-order chi connectivity index (χ0) is 27.9. The molecular weight excluding hydrogens is 504 g/mol. The van der Waals surface area contributed by atoms with E-state index >= 15 is 0 Å². The molecule has 1 fully saturated rings. The fourth-order valence-electron chi connectivity index (χ4n) is 5.01. The smallest absolute Gasteiger partial charge is 0.291 e. The first kappa shape index (κ1) is 26.9. The number of anilines is 3. The summed E-state index contributed by atoms with van der Waals surface area (Å²) in [4.78, 5) is 30.5. The number of carbonyl (C=O) groups is 2. The third-order valence-corrected chi connectivity index (χ3v) is 7.19. The SMILES string of the molecule is Cc1ccccc1N1CCN(c2ccc(C(=O)NCCCc3ccc(O)cc3)cc2NC(=O)c2ccco2)CC1. The van der Waals surface area contributed by atoms with E-state index in [0.717, 1.165) is 50.3 Å². The molecule has 206 valence electrons. The van der Waals surface area contributed by atoms with Crippen molar-refractivity contribution in [3.8, 4) is 5.75 Å². The maximum atomic E-state index is 13.0. The first-order valence-electron chi connectivity index (χ1n) is 13.6. The van der Waals surface area contributed by atoms with Crippen LogP contribution in [-0.2, 0) is 6.42 Å². The molecule has 0 bridgehead atoms. The fourth-order valence-corrected chi connectivity index (χ4v) is 5.01. The van der Waals surface area contributed by atoms with Crippen molar-refractivity contribution in [1.82, 2.24) is 5.32 Å². The summed E-state index contributed by atoms with van der Waals surface area (Å²) in [6.07, 6.45) is 3.02. The predicted molar refractivity (Wildman–Crippen MR) is 157 cm³/mol. The Labute approximate surface area is 234 Å². The molecule has 0 aliphatic carbocycles. The number of aromatic hydroxyl groups is 1. The lowest BCUT2D eigenvalue weighted by Crippen LogP contribution is -2.47. The molecule has 8 nitrogen and oxygen atoms in total. The minimum Gasteiger partial charge on any atom is -0.508 e. The maximum absolute atomic E-state index is 13.0. The first-order valence-corrected chi connectivity index (χ1v) is 13.6. The number of rotatable bonds is 9. The summed E-state index contributed by atoms with van der Waals surface area (Å²) in [6, 6.07) is 24.2. The Bertz CT molecular complexity index is 1440. The van der Waals surface area contributed by atoms with Gasteiger partial charge in [-0.15, -0.1) is 0 Å². The number of para-hydroxylation sites is 1. The molecule has 2 amide bonds. The molecule has 3 aromatic carbocycles. The quantitative estimate of drug-likeness (QED) is 0.252. The van der Waals surface area contributed by atoms with Crippen LogP contribution in [0.3, 0.4) is 0 Å². The van der Waals surface area contributed by atoms with Gasteiger partial charge in [-0.2, -0.15) is 0 Å². The third-order valence-electron chi connectivity index (χ3n) is 7.19. The van der Waals surface area contributed by atoms with E-state index in [-0.39, 0.29) is 23.3 Å². The Balaban J connectivity index is 1.27.